The largest absolute Gasteiger partial charge is 0.497 e. The first kappa shape index (κ1) is 20.7. The Morgan fingerprint density at radius 2 is 2.00 bits per heavy atom. The summed E-state index contributed by atoms with van der Waals surface area (Å²) in [6, 6.07) is 16.5. The SMILES string of the molecule is COc1ccc2c(c1)[C@]1(C(=O)N2)[C@H](C(=O)c2cccnc2)[C@H](c2ccc(Cl)cc2)CN1C. The van der Waals surface area contributed by atoms with Crippen molar-refractivity contribution in [3.05, 3.63) is 88.7 Å². The molecular weight excluding hydrogens is 426 g/mol. The maximum Gasteiger partial charge on any atom is 0.250 e. The smallest absolute Gasteiger partial charge is 0.250 e. The van der Waals surface area contributed by atoms with Gasteiger partial charge in [-0.25, -0.2) is 0 Å². The monoisotopic (exact) mass is 447 g/mol. The molecule has 3 atom stereocenters. The molecule has 2 aliphatic rings. The van der Waals surface area contributed by atoms with Gasteiger partial charge in [-0.05, 0) is 55.1 Å². The molecule has 0 unspecified atom stereocenters. The zero-order valence-corrected chi connectivity index (χ0v) is 18.5. The molecule has 2 aliphatic heterocycles. The molecule has 0 aliphatic carbocycles. The zero-order valence-electron chi connectivity index (χ0n) is 17.7. The van der Waals surface area contributed by atoms with Crippen LogP contribution in [0.3, 0.4) is 0 Å². The minimum Gasteiger partial charge on any atom is -0.497 e. The maximum atomic E-state index is 14.0. The molecule has 7 heteroatoms. The second-order valence-electron chi connectivity index (χ2n) is 8.25. The lowest BCUT2D eigenvalue weighted by atomic mass is 9.70. The van der Waals surface area contributed by atoms with Crippen molar-refractivity contribution >= 4 is 29.0 Å². The molecule has 162 valence electrons. The van der Waals surface area contributed by atoms with Gasteiger partial charge in [-0.15, -0.1) is 0 Å². The molecular formula is C25H22ClN3O3. The molecule has 3 heterocycles. The van der Waals surface area contributed by atoms with Gasteiger partial charge in [0.25, 0.3) is 0 Å². The van der Waals surface area contributed by atoms with Crippen LogP contribution in [0.5, 0.6) is 5.75 Å². The van der Waals surface area contributed by atoms with Crippen molar-refractivity contribution < 1.29 is 14.3 Å². The molecule has 0 saturated carbocycles. The fourth-order valence-corrected chi connectivity index (χ4v) is 5.37. The first-order chi connectivity index (χ1) is 15.5. The summed E-state index contributed by atoms with van der Waals surface area (Å²) in [5.74, 6) is -0.565. The maximum absolute atomic E-state index is 14.0. The van der Waals surface area contributed by atoms with E-state index >= 15 is 0 Å². The van der Waals surface area contributed by atoms with Crippen molar-refractivity contribution in [2.24, 2.45) is 5.92 Å². The van der Waals surface area contributed by atoms with Crippen LogP contribution < -0.4 is 10.1 Å². The number of benzene rings is 2. The van der Waals surface area contributed by atoms with Gasteiger partial charge in [0.2, 0.25) is 5.91 Å². The highest BCUT2D eigenvalue weighted by Crippen LogP contribution is 2.56. The molecule has 1 N–H and O–H groups in total. The van der Waals surface area contributed by atoms with Gasteiger partial charge in [0.05, 0.1) is 13.0 Å². The summed E-state index contributed by atoms with van der Waals surface area (Å²) in [5.41, 5.74) is 1.73. The van der Waals surface area contributed by atoms with E-state index < -0.39 is 11.5 Å². The lowest BCUT2D eigenvalue weighted by molar-refractivity contribution is -0.126. The Kier molecular flexibility index (Phi) is 4.99. The van der Waals surface area contributed by atoms with Crippen LogP contribution in [-0.4, -0.2) is 42.3 Å². The minimum absolute atomic E-state index is 0.117. The summed E-state index contributed by atoms with van der Waals surface area (Å²) >= 11 is 6.12. The van der Waals surface area contributed by atoms with Crippen LogP contribution in [0.2, 0.25) is 5.02 Å². The number of halogens is 1. The van der Waals surface area contributed by atoms with Crippen LogP contribution in [0.25, 0.3) is 0 Å². The van der Waals surface area contributed by atoms with E-state index in [9.17, 15) is 9.59 Å². The van der Waals surface area contributed by atoms with Crippen molar-refractivity contribution in [3.8, 4) is 5.75 Å². The number of rotatable bonds is 4. The molecule has 1 aromatic heterocycles. The summed E-state index contributed by atoms with van der Waals surface area (Å²) in [6.45, 7) is 0.530. The van der Waals surface area contributed by atoms with Gasteiger partial charge in [0.15, 0.2) is 5.78 Å². The zero-order chi connectivity index (χ0) is 22.5. The summed E-state index contributed by atoms with van der Waals surface area (Å²) < 4.78 is 5.45. The van der Waals surface area contributed by atoms with Crippen LogP contribution in [0.15, 0.2) is 67.0 Å². The lowest BCUT2D eigenvalue weighted by Crippen LogP contribution is -2.51. The average molecular weight is 448 g/mol. The van der Waals surface area contributed by atoms with E-state index in [4.69, 9.17) is 16.3 Å². The number of Topliss-reactive ketones (excluding diaryl/α,β-unsaturated/α-hetero) is 1. The Labute approximate surface area is 191 Å². The summed E-state index contributed by atoms with van der Waals surface area (Å²) in [7, 11) is 3.49. The Balaban J connectivity index is 1.74. The van der Waals surface area contributed by atoms with E-state index in [1.807, 2.05) is 54.4 Å². The average Bonchev–Trinajstić information content (AvgIpc) is 3.29. The van der Waals surface area contributed by atoms with Gasteiger partial charge >= 0.3 is 0 Å². The predicted octanol–water partition coefficient (Wildman–Crippen LogP) is 4.12. The third kappa shape index (κ3) is 2.94. The summed E-state index contributed by atoms with van der Waals surface area (Å²) in [4.78, 5) is 33.8. The Morgan fingerprint density at radius 3 is 2.69 bits per heavy atom. The minimum atomic E-state index is -1.17. The molecule has 32 heavy (non-hydrogen) atoms. The van der Waals surface area contributed by atoms with Crippen molar-refractivity contribution in [2.45, 2.75) is 11.5 Å². The van der Waals surface area contributed by atoms with Crippen molar-refractivity contribution in [1.29, 1.82) is 0 Å². The number of hydrogen-bond acceptors (Lipinski definition) is 5. The fraction of sp³-hybridized carbons (Fsp3) is 0.240. The van der Waals surface area contributed by atoms with Gasteiger partial charge in [-0.2, -0.15) is 0 Å². The number of carbonyl (C=O) groups is 2. The van der Waals surface area contributed by atoms with E-state index in [0.29, 0.717) is 28.6 Å². The van der Waals surface area contributed by atoms with E-state index in [2.05, 4.69) is 10.3 Å². The number of amides is 1. The van der Waals surface area contributed by atoms with E-state index in [1.165, 1.54) is 0 Å². The Morgan fingerprint density at radius 1 is 1.22 bits per heavy atom. The second kappa shape index (κ2) is 7.73. The van der Waals surface area contributed by atoms with Crippen LogP contribution in [0, 0.1) is 5.92 Å². The van der Waals surface area contributed by atoms with Crippen LogP contribution in [0.4, 0.5) is 5.69 Å². The number of anilines is 1. The molecule has 1 amide bonds. The number of nitrogens with one attached hydrogen (secondary N) is 1. The molecule has 5 rings (SSSR count). The van der Waals surface area contributed by atoms with Crippen molar-refractivity contribution in [1.82, 2.24) is 9.88 Å². The standard InChI is InChI=1S/C25H22ClN3O3/c1-29-14-19(15-5-7-17(26)8-6-15)22(23(30)16-4-3-11-27-13-16)25(29)20-12-18(32-2)9-10-21(20)28-24(25)31/h3-13,19,22H,14H2,1-2H3,(H,28,31)/t19-,22-,25+/m0/s1. The van der Waals surface area contributed by atoms with E-state index in [1.54, 1.807) is 31.6 Å². The molecule has 0 bridgehead atoms. The summed E-state index contributed by atoms with van der Waals surface area (Å²) in [5, 5.41) is 3.63. The third-order valence-corrected chi connectivity index (χ3v) is 6.94. The number of likely N-dealkylation sites (N-methyl/N-ethyl adjacent to an activating group) is 1. The second-order valence-corrected chi connectivity index (χ2v) is 8.69. The molecule has 6 nitrogen and oxygen atoms in total. The van der Waals surface area contributed by atoms with Gasteiger partial charge in [0.1, 0.15) is 11.3 Å². The number of ether oxygens (including phenoxy) is 1. The Hall–Kier alpha value is -3.22. The molecule has 1 saturated heterocycles. The molecule has 2 aromatic carbocycles. The van der Waals surface area contributed by atoms with Gasteiger partial charge < -0.3 is 10.1 Å². The third-order valence-electron chi connectivity index (χ3n) is 6.68. The molecule has 0 radical (unpaired) electrons. The highest BCUT2D eigenvalue weighted by atomic mass is 35.5. The highest BCUT2D eigenvalue weighted by Gasteiger charge is 2.64. The molecule has 3 aromatic rings. The number of ketones is 1. The predicted molar refractivity (Wildman–Crippen MR) is 122 cm³/mol. The Bertz CT molecular complexity index is 1200. The van der Waals surface area contributed by atoms with Gasteiger partial charge in [-0.1, -0.05) is 23.7 Å². The number of hydrogen-bond donors (Lipinski definition) is 1. The number of aromatic nitrogens is 1. The van der Waals surface area contributed by atoms with Crippen LogP contribution in [0.1, 0.15) is 27.4 Å². The van der Waals surface area contributed by atoms with Crippen molar-refractivity contribution in [3.63, 3.8) is 0 Å². The van der Waals surface area contributed by atoms with Crippen molar-refractivity contribution in [2.75, 3.05) is 26.0 Å². The summed E-state index contributed by atoms with van der Waals surface area (Å²) in [6.07, 6.45) is 3.19. The number of carbonyl (C=O) groups excluding carboxylic acids is 2. The fourth-order valence-electron chi connectivity index (χ4n) is 5.24. The number of nitrogens with zero attached hydrogens (tertiary/aromatic N) is 2. The highest BCUT2D eigenvalue weighted by molar-refractivity contribution is 6.30. The van der Waals surface area contributed by atoms with E-state index in [0.717, 1.165) is 11.1 Å². The van der Waals surface area contributed by atoms with Crippen LogP contribution in [-0.2, 0) is 10.3 Å². The lowest BCUT2D eigenvalue weighted by Gasteiger charge is -2.35. The van der Waals surface area contributed by atoms with Crippen LogP contribution >= 0.6 is 11.6 Å². The number of methoxy groups -OCH3 is 1. The molecule has 1 spiro atoms. The van der Waals surface area contributed by atoms with Gasteiger partial charge in [-0.3, -0.25) is 19.5 Å². The number of fused-ring (bicyclic) bond motifs is 2. The van der Waals surface area contributed by atoms with E-state index in [-0.39, 0.29) is 17.6 Å². The quantitative estimate of drug-likeness (QED) is 0.609. The van der Waals surface area contributed by atoms with Gasteiger partial charge in [0, 0.05) is 46.7 Å². The molecule has 1 fully saturated rings. The number of pyridine rings is 1. The topological polar surface area (TPSA) is 71.5 Å². The first-order valence-electron chi connectivity index (χ1n) is 10.4. The normalized spacial score (nSPS) is 24.4. The first-order valence-corrected chi connectivity index (χ1v) is 10.8. The number of likely N-dealkylation sites (tertiary alicyclic amines) is 1.